The quantitative estimate of drug-likeness (QED) is 0.766. The number of likely N-dealkylation sites (N-methyl/N-ethyl adjacent to an activating group) is 1. The van der Waals surface area contributed by atoms with Gasteiger partial charge in [-0.15, -0.1) is 0 Å². The lowest BCUT2D eigenvalue weighted by Crippen LogP contribution is -2.30. The predicted octanol–water partition coefficient (Wildman–Crippen LogP) is 2.29. The molecule has 0 amide bonds. The van der Waals surface area contributed by atoms with Crippen LogP contribution in [0.15, 0.2) is 22.6 Å². The van der Waals surface area contributed by atoms with E-state index in [-0.39, 0.29) is 0 Å². The number of nitrogens with two attached hydrogens (primary N) is 1. The first-order valence-electron chi connectivity index (χ1n) is 7.70. The van der Waals surface area contributed by atoms with E-state index >= 15 is 0 Å². The first-order chi connectivity index (χ1) is 11.2. The average Bonchev–Trinajstić information content (AvgIpc) is 3.18. The first kappa shape index (κ1) is 14.7. The van der Waals surface area contributed by atoms with Gasteiger partial charge in [0.25, 0.3) is 0 Å². The van der Waals surface area contributed by atoms with Crippen LogP contribution >= 0.6 is 11.6 Å². The van der Waals surface area contributed by atoms with Crippen molar-refractivity contribution < 1.29 is 4.42 Å². The molecular formula is C16H18ClN5O. The van der Waals surface area contributed by atoms with Gasteiger partial charge in [-0.2, -0.15) is 0 Å². The van der Waals surface area contributed by atoms with Crippen LogP contribution < -0.4 is 16.0 Å². The number of anilines is 1. The molecule has 3 aromatic rings. The van der Waals surface area contributed by atoms with E-state index in [1.165, 1.54) is 0 Å². The fraction of sp³-hybridized carbons (Fsp3) is 0.375. The zero-order chi connectivity index (χ0) is 16.0. The number of nitrogens with zero attached hydrogens (tertiary/aromatic N) is 3. The molecule has 6 nitrogen and oxygen atoms in total. The Morgan fingerprint density at radius 1 is 1.43 bits per heavy atom. The molecule has 1 aromatic carbocycles. The summed E-state index contributed by atoms with van der Waals surface area (Å²) in [6.45, 7) is 2.11. The normalized spacial score (nSPS) is 18.4. The number of furan rings is 1. The highest BCUT2D eigenvalue weighted by molar-refractivity contribution is 6.31. The van der Waals surface area contributed by atoms with Crippen LogP contribution in [0.1, 0.15) is 12.2 Å². The molecule has 2 aromatic heterocycles. The Morgan fingerprint density at radius 3 is 3.04 bits per heavy atom. The molecule has 0 aliphatic carbocycles. The third-order valence-electron chi connectivity index (χ3n) is 4.38. The number of nitrogens with one attached hydrogen (secondary N) is 1. The van der Waals surface area contributed by atoms with E-state index < -0.39 is 0 Å². The van der Waals surface area contributed by atoms with Crippen LogP contribution in [0.4, 0.5) is 5.82 Å². The predicted molar refractivity (Wildman–Crippen MR) is 91.9 cm³/mol. The van der Waals surface area contributed by atoms with Crippen LogP contribution in [-0.4, -0.2) is 36.1 Å². The second-order valence-electron chi connectivity index (χ2n) is 5.81. The van der Waals surface area contributed by atoms with Crippen molar-refractivity contribution in [1.82, 2.24) is 15.3 Å². The minimum Gasteiger partial charge on any atom is -0.450 e. The summed E-state index contributed by atoms with van der Waals surface area (Å²) < 4.78 is 6.03. The molecule has 120 valence electrons. The number of fused-ring (bicyclic) bond motifs is 3. The highest BCUT2D eigenvalue weighted by Crippen LogP contribution is 2.35. The minimum atomic E-state index is 0.291. The van der Waals surface area contributed by atoms with Crippen molar-refractivity contribution in [2.24, 2.45) is 5.73 Å². The standard InChI is InChI=1S/C16H18ClN5O/c1-19-10-4-5-22(8-10)16-15-14(20-13(7-18)21-16)11-6-9(17)2-3-12(11)23-15/h2-3,6,10,19H,4-5,7-8,18H2,1H3/t10-/m1/s1. The number of aromatic nitrogens is 2. The molecule has 0 bridgehead atoms. The average molecular weight is 332 g/mol. The van der Waals surface area contributed by atoms with Crippen molar-refractivity contribution in [3.8, 4) is 0 Å². The number of rotatable bonds is 3. The van der Waals surface area contributed by atoms with Crippen LogP contribution in [0, 0.1) is 0 Å². The summed E-state index contributed by atoms with van der Waals surface area (Å²) in [6.07, 6.45) is 1.08. The van der Waals surface area contributed by atoms with Gasteiger partial charge in [-0.3, -0.25) is 0 Å². The Morgan fingerprint density at radius 2 is 2.30 bits per heavy atom. The largest absolute Gasteiger partial charge is 0.450 e. The molecule has 3 heterocycles. The van der Waals surface area contributed by atoms with Crippen LogP contribution in [-0.2, 0) is 6.54 Å². The van der Waals surface area contributed by atoms with Crippen molar-refractivity contribution in [2.75, 3.05) is 25.0 Å². The summed E-state index contributed by atoms with van der Waals surface area (Å²) in [5.74, 6) is 1.43. The van der Waals surface area contributed by atoms with Crippen LogP contribution in [0.2, 0.25) is 5.02 Å². The van der Waals surface area contributed by atoms with Gasteiger partial charge in [-0.1, -0.05) is 11.6 Å². The topological polar surface area (TPSA) is 80.2 Å². The smallest absolute Gasteiger partial charge is 0.196 e. The number of hydrogen-bond acceptors (Lipinski definition) is 6. The molecule has 1 fully saturated rings. The number of halogens is 1. The van der Waals surface area contributed by atoms with Gasteiger partial charge in [0.15, 0.2) is 11.4 Å². The van der Waals surface area contributed by atoms with Gasteiger partial charge >= 0.3 is 0 Å². The third kappa shape index (κ3) is 2.43. The highest BCUT2D eigenvalue weighted by Gasteiger charge is 2.26. The first-order valence-corrected chi connectivity index (χ1v) is 8.08. The van der Waals surface area contributed by atoms with E-state index in [4.69, 9.17) is 21.8 Å². The molecule has 1 aliphatic heterocycles. The van der Waals surface area contributed by atoms with Gasteiger partial charge in [-0.25, -0.2) is 9.97 Å². The van der Waals surface area contributed by atoms with E-state index in [1.54, 1.807) is 0 Å². The van der Waals surface area contributed by atoms with Gasteiger partial charge in [-0.05, 0) is 31.7 Å². The lowest BCUT2D eigenvalue weighted by atomic mass is 10.2. The molecule has 0 radical (unpaired) electrons. The van der Waals surface area contributed by atoms with Crippen molar-refractivity contribution >= 4 is 39.5 Å². The summed E-state index contributed by atoms with van der Waals surface area (Å²) in [4.78, 5) is 11.4. The molecule has 0 saturated carbocycles. The van der Waals surface area contributed by atoms with Crippen molar-refractivity contribution in [3.63, 3.8) is 0 Å². The van der Waals surface area contributed by atoms with Gasteiger partial charge in [0.05, 0.1) is 6.54 Å². The Balaban J connectivity index is 1.94. The zero-order valence-corrected chi connectivity index (χ0v) is 13.6. The lowest BCUT2D eigenvalue weighted by Gasteiger charge is -2.18. The maximum atomic E-state index is 6.13. The summed E-state index contributed by atoms with van der Waals surface area (Å²) in [5.41, 5.74) is 8.04. The Kier molecular flexibility index (Phi) is 3.60. The maximum absolute atomic E-state index is 6.13. The van der Waals surface area contributed by atoms with E-state index in [9.17, 15) is 0 Å². The highest BCUT2D eigenvalue weighted by atomic mass is 35.5. The number of benzene rings is 1. The molecule has 0 spiro atoms. The lowest BCUT2D eigenvalue weighted by molar-refractivity contribution is 0.615. The van der Waals surface area contributed by atoms with E-state index in [0.29, 0.717) is 29.0 Å². The second-order valence-corrected chi connectivity index (χ2v) is 6.24. The molecule has 1 atom stereocenters. The van der Waals surface area contributed by atoms with Gasteiger partial charge in [0, 0.05) is 29.5 Å². The zero-order valence-electron chi connectivity index (χ0n) is 12.8. The summed E-state index contributed by atoms with van der Waals surface area (Å²) in [5, 5.41) is 4.87. The van der Waals surface area contributed by atoms with E-state index in [2.05, 4.69) is 20.2 Å². The van der Waals surface area contributed by atoms with Crippen molar-refractivity contribution in [2.45, 2.75) is 19.0 Å². The molecule has 1 saturated heterocycles. The second kappa shape index (κ2) is 5.63. The van der Waals surface area contributed by atoms with Crippen molar-refractivity contribution in [3.05, 3.63) is 29.0 Å². The molecule has 23 heavy (non-hydrogen) atoms. The maximum Gasteiger partial charge on any atom is 0.196 e. The fourth-order valence-corrected chi connectivity index (χ4v) is 3.31. The Labute approximate surface area is 138 Å². The van der Waals surface area contributed by atoms with Gasteiger partial charge < -0.3 is 20.4 Å². The summed E-state index contributed by atoms with van der Waals surface area (Å²) >= 11 is 6.13. The monoisotopic (exact) mass is 331 g/mol. The summed E-state index contributed by atoms with van der Waals surface area (Å²) in [6, 6.07) is 6.02. The third-order valence-corrected chi connectivity index (χ3v) is 4.62. The molecule has 1 aliphatic rings. The Bertz CT molecular complexity index is 878. The summed E-state index contributed by atoms with van der Waals surface area (Å²) in [7, 11) is 1.98. The van der Waals surface area contributed by atoms with Crippen molar-refractivity contribution in [1.29, 1.82) is 0 Å². The van der Waals surface area contributed by atoms with E-state index in [0.717, 1.165) is 41.8 Å². The molecule has 7 heteroatoms. The fourth-order valence-electron chi connectivity index (χ4n) is 3.14. The Hall–Kier alpha value is -1.89. The van der Waals surface area contributed by atoms with Crippen LogP contribution in [0.5, 0.6) is 0 Å². The molecular weight excluding hydrogens is 314 g/mol. The number of hydrogen-bond donors (Lipinski definition) is 2. The molecule has 4 rings (SSSR count). The minimum absolute atomic E-state index is 0.291. The van der Waals surface area contributed by atoms with E-state index in [1.807, 2.05) is 25.2 Å². The van der Waals surface area contributed by atoms with Crippen LogP contribution in [0.3, 0.4) is 0 Å². The molecule has 3 N–H and O–H groups in total. The molecule has 0 unspecified atom stereocenters. The van der Waals surface area contributed by atoms with Gasteiger partial charge in [0.1, 0.15) is 16.9 Å². The SMILES string of the molecule is CN[C@@H]1CCN(c2nc(CN)nc3c2oc2ccc(Cl)cc23)C1. The van der Waals surface area contributed by atoms with Crippen LogP contribution in [0.25, 0.3) is 22.1 Å². The van der Waals surface area contributed by atoms with Gasteiger partial charge in [0.2, 0.25) is 0 Å².